The van der Waals surface area contributed by atoms with E-state index in [-0.39, 0.29) is 11.3 Å². The van der Waals surface area contributed by atoms with Crippen molar-refractivity contribution in [2.75, 3.05) is 19.6 Å². The standard InChI is InChI=1S/C16H24N2O2/c1-2-4-13-5-6-14(20-13)11-18-10-8-16(12-18)7-3-9-17-15(16)19/h5-6H,2-4,7-12H2,1H3,(H,17,19). The third-order valence-electron chi connectivity index (χ3n) is 4.63. The van der Waals surface area contributed by atoms with Gasteiger partial charge in [0.05, 0.1) is 12.0 Å². The van der Waals surface area contributed by atoms with Crippen molar-refractivity contribution in [3.63, 3.8) is 0 Å². The normalized spacial score (nSPS) is 27.1. The Bertz CT molecular complexity index is 483. The summed E-state index contributed by atoms with van der Waals surface area (Å²) in [6.07, 6.45) is 5.25. The van der Waals surface area contributed by atoms with Gasteiger partial charge >= 0.3 is 0 Å². The van der Waals surface area contributed by atoms with E-state index in [1.807, 2.05) is 0 Å². The first kappa shape index (κ1) is 13.7. The Kier molecular flexibility index (Phi) is 3.83. The molecule has 2 aliphatic rings. The fraction of sp³-hybridized carbons (Fsp3) is 0.688. The smallest absolute Gasteiger partial charge is 0.227 e. The zero-order chi connectivity index (χ0) is 14.0. The number of hydrogen-bond donors (Lipinski definition) is 1. The van der Waals surface area contributed by atoms with Crippen molar-refractivity contribution in [3.8, 4) is 0 Å². The Morgan fingerprint density at radius 2 is 2.20 bits per heavy atom. The molecular weight excluding hydrogens is 252 g/mol. The van der Waals surface area contributed by atoms with Gasteiger partial charge < -0.3 is 9.73 Å². The highest BCUT2D eigenvalue weighted by atomic mass is 16.3. The first-order valence-corrected chi connectivity index (χ1v) is 7.80. The van der Waals surface area contributed by atoms with Crippen LogP contribution in [0, 0.1) is 5.41 Å². The quantitative estimate of drug-likeness (QED) is 0.918. The highest BCUT2D eigenvalue weighted by molar-refractivity contribution is 5.83. The minimum absolute atomic E-state index is 0.128. The van der Waals surface area contributed by atoms with E-state index in [1.165, 1.54) is 0 Å². The molecule has 1 N–H and O–H groups in total. The topological polar surface area (TPSA) is 45.5 Å². The molecule has 20 heavy (non-hydrogen) atoms. The second-order valence-corrected chi connectivity index (χ2v) is 6.22. The Morgan fingerprint density at radius 3 is 3.00 bits per heavy atom. The van der Waals surface area contributed by atoms with Crippen LogP contribution in [0.25, 0.3) is 0 Å². The van der Waals surface area contributed by atoms with Crippen molar-refractivity contribution in [1.82, 2.24) is 10.2 Å². The van der Waals surface area contributed by atoms with E-state index in [1.54, 1.807) is 0 Å². The molecule has 1 amide bonds. The second kappa shape index (κ2) is 5.60. The Labute approximate surface area is 120 Å². The number of nitrogens with one attached hydrogen (secondary N) is 1. The highest BCUT2D eigenvalue weighted by Crippen LogP contribution is 2.37. The van der Waals surface area contributed by atoms with Gasteiger partial charge in [0.2, 0.25) is 5.91 Å². The molecule has 4 heteroatoms. The van der Waals surface area contributed by atoms with Crippen molar-refractivity contribution >= 4 is 5.91 Å². The van der Waals surface area contributed by atoms with Crippen LogP contribution in [0.15, 0.2) is 16.5 Å². The maximum Gasteiger partial charge on any atom is 0.227 e. The number of nitrogens with zero attached hydrogens (tertiary/aromatic N) is 1. The molecule has 0 radical (unpaired) electrons. The van der Waals surface area contributed by atoms with Crippen molar-refractivity contribution in [3.05, 3.63) is 23.7 Å². The monoisotopic (exact) mass is 276 g/mol. The van der Waals surface area contributed by atoms with E-state index in [2.05, 4.69) is 29.3 Å². The van der Waals surface area contributed by atoms with Crippen LogP contribution in [0.4, 0.5) is 0 Å². The van der Waals surface area contributed by atoms with E-state index in [0.717, 1.165) is 69.8 Å². The summed E-state index contributed by atoms with van der Waals surface area (Å²) in [6.45, 7) is 5.71. The van der Waals surface area contributed by atoms with Gasteiger partial charge in [-0.1, -0.05) is 6.92 Å². The number of amides is 1. The van der Waals surface area contributed by atoms with Crippen LogP contribution in [0.1, 0.15) is 44.1 Å². The Morgan fingerprint density at radius 1 is 1.35 bits per heavy atom. The molecule has 1 spiro atoms. The molecule has 1 atom stereocenters. The minimum atomic E-state index is -0.128. The van der Waals surface area contributed by atoms with Crippen LogP contribution < -0.4 is 5.32 Å². The maximum absolute atomic E-state index is 12.1. The van der Waals surface area contributed by atoms with E-state index < -0.39 is 0 Å². The van der Waals surface area contributed by atoms with Gasteiger partial charge in [0, 0.05) is 19.5 Å². The summed E-state index contributed by atoms with van der Waals surface area (Å²) in [4.78, 5) is 14.5. The van der Waals surface area contributed by atoms with Gasteiger partial charge in [0.15, 0.2) is 0 Å². The summed E-state index contributed by atoms with van der Waals surface area (Å²) in [7, 11) is 0. The number of carbonyl (C=O) groups excluding carboxylic acids is 1. The number of likely N-dealkylation sites (tertiary alicyclic amines) is 1. The van der Waals surface area contributed by atoms with Gasteiger partial charge in [-0.3, -0.25) is 9.69 Å². The molecular formula is C16H24N2O2. The van der Waals surface area contributed by atoms with Gasteiger partial charge in [-0.2, -0.15) is 0 Å². The molecule has 1 unspecified atom stereocenters. The number of aryl methyl sites for hydroxylation is 1. The lowest BCUT2D eigenvalue weighted by Crippen LogP contribution is -2.47. The predicted octanol–water partition coefficient (Wildman–Crippen LogP) is 2.33. The molecule has 0 aliphatic carbocycles. The molecule has 4 nitrogen and oxygen atoms in total. The molecule has 2 fully saturated rings. The maximum atomic E-state index is 12.1. The van der Waals surface area contributed by atoms with Crippen LogP contribution >= 0.6 is 0 Å². The van der Waals surface area contributed by atoms with Gasteiger partial charge in [0.25, 0.3) is 0 Å². The van der Waals surface area contributed by atoms with Gasteiger partial charge in [-0.15, -0.1) is 0 Å². The lowest BCUT2D eigenvalue weighted by atomic mass is 9.79. The van der Waals surface area contributed by atoms with Crippen LogP contribution in [0.3, 0.4) is 0 Å². The molecule has 0 aromatic carbocycles. The molecule has 1 aromatic heterocycles. The van der Waals surface area contributed by atoms with E-state index in [9.17, 15) is 4.79 Å². The summed E-state index contributed by atoms with van der Waals surface area (Å²) < 4.78 is 5.85. The van der Waals surface area contributed by atoms with Gasteiger partial charge in [-0.25, -0.2) is 0 Å². The van der Waals surface area contributed by atoms with Crippen molar-refractivity contribution < 1.29 is 9.21 Å². The largest absolute Gasteiger partial charge is 0.465 e. The Hall–Kier alpha value is -1.29. The van der Waals surface area contributed by atoms with Crippen molar-refractivity contribution in [2.24, 2.45) is 5.41 Å². The lowest BCUT2D eigenvalue weighted by molar-refractivity contribution is -0.132. The third-order valence-corrected chi connectivity index (χ3v) is 4.63. The zero-order valence-electron chi connectivity index (χ0n) is 12.3. The summed E-state index contributed by atoms with van der Waals surface area (Å²) in [5, 5.41) is 3.03. The molecule has 0 bridgehead atoms. The van der Waals surface area contributed by atoms with Gasteiger partial charge in [0.1, 0.15) is 11.5 Å². The number of rotatable bonds is 4. The highest BCUT2D eigenvalue weighted by Gasteiger charge is 2.45. The summed E-state index contributed by atoms with van der Waals surface area (Å²) >= 11 is 0. The lowest BCUT2D eigenvalue weighted by Gasteiger charge is -2.32. The van der Waals surface area contributed by atoms with Crippen LogP contribution in [-0.2, 0) is 17.8 Å². The van der Waals surface area contributed by atoms with E-state index >= 15 is 0 Å². The first-order chi connectivity index (χ1) is 9.72. The van der Waals surface area contributed by atoms with Crippen molar-refractivity contribution in [2.45, 2.75) is 45.6 Å². The fourth-order valence-corrected chi connectivity index (χ4v) is 3.52. The van der Waals surface area contributed by atoms with Crippen molar-refractivity contribution in [1.29, 1.82) is 0 Å². The second-order valence-electron chi connectivity index (χ2n) is 6.22. The van der Waals surface area contributed by atoms with Crippen LogP contribution in [-0.4, -0.2) is 30.4 Å². The summed E-state index contributed by atoms with van der Waals surface area (Å²) in [5.74, 6) is 2.37. The number of furan rings is 1. The molecule has 3 heterocycles. The zero-order valence-corrected chi connectivity index (χ0v) is 12.3. The predicted molar refractivity (Wildman–Crippen MR) is 77.3 cm³/mol. The van der Waals surface area contributed by atoms with Gasteiger partial charge in [-0.05, 0) is 44.4 Å². The molecule has 110 valence electrons. The molecule has 2 saturated heterocycles. The molecule has 2 aliphatic heterocycles. The number of piperidine rings is 1. The minimum Gasteiger partial charge on any atom is -0.465 e. The number of carbonyl (C=O) groups is 1. The van der Waals surface area contributed by atoms with E-state index in [0.29, 0.717) is 0 Å². The first-order valence-electron chi connectivity index (χ1n) is 7.80. The molecule has 1 aromatic rings. The fourth-order valence-electron chi connectivity index (χ4n) is 3.52. The Balaban J connectivity index is 1.60. The van der Waals surface area contributed by atoms with Crippen LogP contribution in [0.2, 0.25) is 0 Å². The summed E-state index contributed by atoms with van der Waals surface area (Å²) in [5.41, 5.74) is -0.128. The average molecular weight is 276 g/mol. The third kappa shape index (κ3) is 2.62. The SMILES string of the molecule is CCCc1ccc(CN2CCC3(CCCNC3=O)C2)o1. The van der Waals surface area contributed by atoms with Crippen LogP contribution in [0.5, 0.6) is 0 Å². The summed E-state index contributed by atoms with van der Waals surface area (Å²) in [6, 6.07) is 4.16. The number of hydrogen-bond acceptors (Lipinski definition) is 3. The van der Waals surface area contributed by atoms with E-state index in [4.69, 9.17) is 4.42 Å². The molecule has 0 saturated carbocycles. The molecule has 3 rings (SSSR count). The average Bonchev–Trinajstić information content (AvgIpc) is 3.03.